The van der Waals surface area contributed by atoms with Gasteiger partial charge in [-0.3, -0.25) is 4.79 Å². The van der Waals surface area contributed by atoms with Gasteiger partial charge < -0.3 is 10.4 Å². The maximum Gasteiger partial charge on any atom is 0.273 e. The lowest BCUT2D eigenvalue weighted by Gasteiger charge is -2.12. The van der Waals surface area contributed by atoms with Crippen LogP contribution in [-0.2, 0) is 6.42 Å². The minimum absolute atomic E-state index is 0.0251. The SMILES string of the molecule is CCc1c(C(=O)NC(C)CCO)nnn1-c1cccc(Cl)c1. The highest BCUT2D eigenvalue weighted by Gasteiger charge is 2.20. The smallest absolute Gasteiger partial charge is 0.273 e. The Balaban J connectivity index is 2.29. The maximum atomic E-state index is 12.3. The van der Waals surface area contributed by atoms with Crippen molar-refractivity contribution in [3.63, 3.8) is 0 Å². The summed E-state index contributed by atoms with van der Waals surface area (Å²) < 4.78 is 1.62. The van der Waals surface area contributed by atoms with Gasteiger partial charge in [-0.25, -0.2) is 4.68 Å². The van der Waals surface area contributed by atoms with Crippen molar-refractivity contribution in [2.75, 3.05) is 6.61 Å². The van der Waals surface area contributed by atoms with Gasteiger partial charge >= 0.3 is 0 Å². The van der Waals surface area contributed by atoms with Crippen LogP contribution in [0, 0.1) is 0 Å². The third-order valence-electron chi connectivity index (χ3n) is 3.31. The van der Waals surface area contributed by atoms with E-state index in [4.69, 9.17) is 16.7 Å². The number of aliphatic hydroxyl groups excluding tert-OH is 1. The van der Waals surface area contributed by atoms with Crippen molar-refractivity contribution in [3.8, 4) is 5.69 Å². The molecule has 118 valence electrons. The fraction of sp³-hybridized carbons (Fsp3) is 0.400. The van der Waals surface area contributed by atoms with Crippen molar-refractivity contribution in [1.82, 2.24) is 20.3 Å². The predicted octanol–water partition coefficient (Wildman–Crippen LogP) is 1.98. The van der Waals surface area contributed by atoms with Crippen LogP contribution in [0.2, 0.25) is 5.02 Å². The van der Waals surface area contributed by atoms with Crippen LogP contribution < -0.4 is 5.32 Å². The second kappa shape index (κ2) is 7.38. The largest absolute Gasteiger partial charge is 0.396 e. The molecule has 6 nitrogen and oxygen atoms in total. The Morgan fingerprint density at radius 1 is 1.50 bits per heavy atom. The minimum Gasteiger partial charge on any atom is -0.396 e. The third kappa shape index (κ3) is 3.64. The molecule has 1 amide bonds. The summed E-state index contributed by atoms with van der Waals surface area (Å²) >= 11 is 6.00. The van der Waals surface area contributed by atoms with Gasteiger partial charge in [-0.15, -0.1) is 5.10 Å². The van der Waals surface area contributed by atoms with Crippen LogP contribution >= 0.6 is 11.6 Å². The summed E-state index contributed by atoms with van der Waals surface area (Å²) in [7, 11) is 0. The van der Waals surface area contributed by atoms with E-state index in [2.05, 4.69) is 15.6 Å². The molecule has 1 unspecified atom stereocenters. The van der Waals surface area contributed by atoms with E-state index in [1.807, 2.05) is 26.0 Å². The summed E-state index contributed by atoms with van der Waals surface area (Å²) in [6, 6.07) is 7.10. The number of rotatable bonds is 6. The van der Waals surface area contributed by atoms with Gasteiger partial charge in [0.1, 0.15) is 0 Å². The number of hydrogen-bond acceptors (Lipinski definition) is 4. The number of aliphatic hydroxyl groups is 1. The fourth-order valence-electron chi connectivity index (χ4n) is 2.17. The van der Waals surface area contributed by atoms with Crippen LogP contribution in [0.3, 0.4) is 0 Å². The molecule has 1 aromatic carbocycles. The molecule has 1 aromatic heterocycles. The quantitative estimate of drug-likeness (QED) is 0.852. The maximum absolute atomic E-state index is 12.3. The van der Waals surface area contributed by atoms with Gasteiger partial charge in [0.25, 0.3) is 5.91 Å². The molecule has 0 aliphatic carbocycles. The molecule has 0 spiro atoms. The topological polar surface area (TPSA) is 80.0 Å². The van der Waals surface area contributed by atoms with Crippen LogP contribution in [-0.4, -0.2) is 38.7 Å². The van der Waals surface area contributed by atoms with E-state index in [0.29, 0.717) is 23.6 Å². The average Bonchev–Trinajstić information content (AvgIpc) is 2.91. The molecule has 0 bridgehead atoms. The summed E-state index contributed by atoms with van der Waals surface area (Å²) in [5.74, 6) is -0.286. The Kier molecular flexibility index (Phi) is 5.51. The monoisotopic (exact) mass is 322 g/mol. The van der Waals surface area contributed by atoms with Crippen molar-refractivity contribution >= 4 is 17.5 Å². The molecule has 0 saturated heterocycles. The zero-order chi connectivity index (χ0) is 16.1. The van der Waals surface area contributed by atoms with Gasteiger partial charge in [-0.05, 0) is 38.0 Å². The second-order valence-electron chi connectivity index (χ2n) is 5.02. The molecule has 0 fully saturated rings. The lowest BCUT2D eigenvalue weighted by Crippen LogP contribution is -2.34. The molecule has 2 rings (SSSR count). The molecule has 0 aliphatic rings. The highest BCUT2D eigenvalue weighted by atomic mass is 35.5. The van der Waals surface area contributed by atoms with Crippen LogP contribution in [0.4, 0.5) is 0 Å². The molecule has 7 heteroatoms. The first-order valence-corrected chi connectivity index (χ1v) is 7.56. The summed E-state index contributed by atoms with van der Waals surface area (Å²) in [5.41, 5.74) is 1.78. The van der Waals surface area contributed by atoms with Gasteiger partial charge in [0.05, 0.1) is 11.4 Å². The molecule has 22 heavy (non-hydrogen) atoms. The molecule has 0 radical (unpaired) electrons. The first kappa shape index (κ1) is 16.5. The Morgan fingerprint density at radius 3 is 2.91 bits per heavy atom. The number of nitrogens with zero attached hydrogens (tertiary/aromatic N) is 3. The first-order valence-electron chi connectivity index (χ1n) is 7.19. The lowest BCUT2D eigenvalue weighted by molar-refractivity contribution is 0.0928. The normalized spacial score (nSPS) is 12.2. The van der Waals surface area contributed by atoms with Crippen molar-refractivity contribution in [2.45, 2.75) is 32.7 Å². The third-order valence-corrected chi connectivity index (χ3v) is 3.54. The number of halogens is 1. The Labute approximate surface area is 134 Å². The number of carbonyl (C=O) groups excluding carboxylic acids is 1. The number of carbonyl (C=O) groups is 1. The number of nitrogens with one attached hydrogen (secondary N) is 1. The Morgan fingerprint density at radius 2 is 2.27 bits per heavy atom. The number of amides is 1. The average molecular weight is 323 g/mol. The van der Waals surface area contributed by atoms with Gasteiger partial charge in [0.15, 0.2) is 5.69 Å². The van der Waals surface area contributed by atoms with E-state index in [-0.39, 0.29) is 18.6 Å². The van der Waals surface area contributed by atoms with Gasteiger partial charge in [-0.2, -0.15) is 0 Å². The molecule has 1 heterocycles. The highest BCUT2D eigenvalue weighted by Crippen LogP contribution is 2.17. The highest BCUT2D eigenvalue weighted by molar-refractivity contribution is 6.30. The van der Waals surface area contributed by atoms with E-state index >= 15 is 0 Å². The van der Waals surface area contributed by atoms with Crippen molar-refractivity contribution in [1.29, 1.82) is 0 Å². The summed E-state index contributed by atoms with van der Waals surface area (Å²) in [6.45, 7) is 3.80. The van der Waals surface area contributed by atoms with Crippen LogP contribution in [0.25, 0.3) is 5.69 Å². The van der Waals surface area contributed by atoms with Gasteiger partial charge in [0, 0.05) is 17.7 Å². The summed E-state index contributed by atoms with van der Waals surface area (Å²) in [4.78, 5) is 12.3. The number of hydrogen-bond donors (Lipinski definition) is 2. The molecule has 0 saturated carbocycles. The zero-order valence-corrected chi connectivity index (χ0v) is 13.3. The van der Waals surface area contributed by atoms with E-state index in [9.17, 15) is 4.79 Å². The molecular formula is C15H19ClN4O2. The van der Waals surface area contributed by atoms with Crippen LogP contribution in [0.1, 0.15) is 36.5 Å². The summed E-state index contributed by atoms with van der Waals surface area (Å²) in [6.07, 6.45) is 1.10. The summed E-state index contributed by atoms with van der Waals surface area (Å²) in [5, 5.41) is 20.4. The van der Waals surface area contributed by atoms with Crippen molar-refractivity contribution < 1.29 is 9.90 Å². The second-order valence-corrected chi connectivity index (χ2v) is 5.45. The lowest BCUT2D eigenvalue weighted by atomic mass is 10.2. The number of benzene rings is 1. The van der Waals surface area contributed by atoms with Gasteiger partial charge in [-0.1, -0.05) is 29.8 Å². The van der Waals surface area contributed by atoms with Gasteiger partial charge in [0.2, 0.25) is 0 Å². The number of aromatic nitrogens is 3. The first-order chi connectivity index (χ1) is 10.6. The van der Waals surface area contributed by atoms with E-state index in [1.54, 1.807) is 16.8 Å². The zero-order valence-electron chi connectivity index (χ0n) is 12.6. The molecule has 2 N–H and O–H groups in total. The molecule has 0 aliphatic heterocycles. The van der Waals surface area contributed by atoms with E-state index in [1.165, 1.54) is 0 Å². The van der Waals surface area contributed by atoms with E-state index < -0.39 is 0 Å². The van der Waals surface area contributed by atoms with Crippen molar-refractivity contribution in [2.24, 2.45) is 0 Å². The standard InChI is InChI=1S/C15H19ClN4O2/c1-3-13-14(15(22)17-10(2)7-8-21)18-19-20(13)12-6-4-5-11(16)9-12/h4-6,9-10,21H,3,7-8H2,1-2H3,(H,17,22). The molecular weight excluding hydrogens is 304 g/mol. The molecule has 2 aromatic rings. The van der Waals surface area contributed by atoms with E-state index in [0.717, 1.165) is 11.4 Å². The van der Waals surface area contributed by atoms with Crippen LogP contribution in [0.5, 0.6) is 0 Å². The fourth-order valence-corrected chi connectivity index (χ4v) is 2.35. The predicted molar refractivity (Wildman–Crippen MR) is 84.4 cm³/mol. The Hall–Kier alpha value is -1.92. The minimum atomic E-state index is -0.286. The Bertz CT molecular complexity index is 657. The molecule has 1 atom stereocenters. The van der Waals surface area contributed by atoms with Crippen LogP contribution in [0.15, 0.2) is 24.3 Å². The van der Waals surface area contributed by atoms with Crippen molar-refractivity contribution in [3.05, 3.63) is 40.7 Å².